The van der Waals surface area contributed by atoms with Crippen LogP contribution in [0, 0.1) is 12.8 Å². The van der Waals surface area contributed by atoms with Crippen LogP contribution < -0.4 is 5.32 Å². The van der Waals surface area contributed by atoms with Gasteiger partial charge in [-0.25, -0.2) is 0 Å². The number of hydrogen-bond donors (Lipinski definition) is 1. The molecule has 0 saturated carbocycles. The fourth-order valence-electron chi connectivity index (χ4n) is 3.30. The monoisotopic (exact) mass is 424 g/mol. The molecule has 0 bridgehead atoms. The van der Waals surface area contributed by atoms with Crippen molar-refractivity contribution in [3.05, 3.63) is 64.2 Å². The highest BCUT2D eigenvalue weighted by Gasteiger charge is 2.33. The number of likely N-dealkylation sites (tertiary alicyclic amines) is 1. The molecule has 1 aliphatic heterocycles. The van der Waals surface area contributed by atoms with E-state index in [0.29, 0.717) is 30.1 Å². The molecular formula is C21H20ClF3N2O2. The Morgan fingerprint density at radius 3 is 2.62 bits per heavy atom. The van der Waals surface area contributed by atoms with Crippen LogP contribution in [-0.2, 0) is 11.0 Å². The number of nitrogens with zero attached hydrogens (tertiary/aromatic N) is 1. The molecular weight excluding hydrogens is 405 g/mol. The predicted octanol–water partition coefficient (Wildman–Crippen LogP) is 5.16. The van der Waals surface area contributed by atoms with E-state index >= 15 is 0 Å². The molecule has 1 unspecified atom stereocenters. The second-order valence-corrected chi connectivity index (χ2v) is 7.53. The normalized spacial score (nSPS) is 17.1. The summed E-state index contributed by atoms with van der Waals surface area (Å²) in [4.78, 5) is 26.7. The Balaban J connectivity index is 1.69. The van der Waals surface area contributed by atoms with E-state index in [4.69, 9.17) is 11.6 Å². The molecule has 3 rings (SSSR count). The summed E-state index contributed by atoms with van der Waals surface area (Å²) >= 11 is 6.08. The molecule has 0 aliphatic carbocycles. The first-order chi connectivity index (χ1) is 13.6. The number of amides is 2. The van der Waals surface area contributed by atoms with Crippen LogP contribution in [0.2, 0.25) is 5.02 Å². The number of nitrogens with one attached hydrogen (secondary N) is 1. The fourth-order valence-corrected chi connectivity index (χ4v) is 3.48. The lowest BCUT2D eigenvalue weighted by molar-refractivity contribution is -0.137. The molecule has 1 aliphatic rings. The van der Waals surface area contributed by atoms with E-state index in [1.165, 1.54) is 17.0 Å². The van der Waals surface area contributed by atoms with E-state index < -0.39 is 23.6 Å². The summed E-state index contributed by atoms with van der Waals surface area (Å²) in [5, 5.41) is 3.33. The Bertz CT molecular complexity index is 930. The maximum absolute atomic E-state index is 12.9. The van der Waals surface area contributed by atoms with Crippen LogP contribution in [0.4, 0.5) is 18.9 Å². The maximum atomic E-state index is 12.9. The summed E-state index contributed by atoms with van der Waals surface area (Å²) in [5.74, 6) is -1.20. The van der Waals surface area contributed by atoms with Crippen molar-refractivity contribution < 1.29 is 22.8 Å². The summed E-state index contributed by atoms with van der Waals surface area (Å²) in [6, 6.07) is 9.54. The van der Waals surface area contributed by atoms with Crippen LogP contribution in [0.15, 0.2) is 42.5 Å². The first-order valence-electron chi connectivity index (χ1n) is 9.18. The van der Waals surface area contributed by atoms with Gasteiger partial charge in [-0.1, -0.05) is 23.7 Å². The minimum absolute atomic E-state index is 0.0359. The van der Waals surface area contributed by atoms with Crippen LogP contribution in [0.25, 0.3) is 0 Å². The molecule has 0 spiro atoms. The first-order valence-corrected chi connectivity index (χ1v) is 9.56. The minimum atomic E-state index is -4.52. The van der Waals surface area contributed by atoms with Crippen LogP contribution >= 0.6 is 11.6 Å². The SMILES string of the molecule is Cc1ccc(NC(=O)C2CCCN(C(=O)c3cccc(C(F)(F)F)c3)C2)cc1Cl. The molecule has 154 valence electrons. The average molecular weight is 425 g/mol. The van der Waals surface area contributed by atoms with Crippen molar-refractivity contribution in [3.8, 4) is 0 Å². The molecule has 2 aromatic carbocycles. The molecule has 1 atom stereocenters. The van der Waals surface area contributed by atoms with Gasteiger partial charge in [0.25, 0.3) is 5.91 Å². The number of piperidine rings is 1. The summed E-state index contributed by atoms with van der Waals surface area (Å²) in [7, 11) is 0. The highest BCUT2D eigenvalue weighted by molar-refractivity contribution is 6.31. The molecule has 0 aromatic heterocycles. The van der Waals surface area contributed by atoms with Crippen molar-refractivity contribution in [2.24, 2.45) is 5.92 Å². The molecule has 4 nitrogen and oxygen atoms in total. The molecule has 29 heavy (non-hydrogen) atoms. The van der Waals surface area contributed by atoms with Crippen molar-refractivity contribution in [2.45, 2.75) is 25.9 Å². The van der Waals surface area contributed by atoms with Gasteiger partial charge in [-0.3, -0.25) is 9.59 Å². The Hall–Kier alpha value is -2.54. The quantitative estimate of drug-likeness (QED) is 0.740. The number of carbonyl (C=O) groups excluding carboxylic acids is 2. The third-order valence-electron chi connectivity index (χ3n) is 4.96. The molecule has 1 heterocycles. The van der Waals surface area contributed by atoms with Gasteiger partial charge in [0.15, 0.2) is 0 Å². The van der Waals surface area contributed by atoms with E-state index in [1.54, 1.807) is 18.2 Å². The van der Waals surface area contributed by atoms with Crippen molar-refractivity contribution in [2.75, 3.05) is 18.4 Å². The molecule has 1 N–H and O–H groups in total. The molecule has 1 saturated heterocycles. The topological polar surface area (TPSA) is 49.4 Å². The Morgan fingerprint density at radius 1 is 1.17 bits per heavy atom. The fraction of sp³-hybridized carbons (Fsp3) is 0.333. The second kappa shape index (κ2) is 8.45. The number of alkyl halides is 3. The number of aryl methyl sites for hydroxylation is 1. The smallest absolute Gasteiger partial charge is 0.338 e. The van der Waals surface area contributed by atoms with Crippen molar-refractivity contribution in [3.63, 3.8) is 0 Å². The van der Waals surface area contributed by atoms with Gasteiger partial charge in [0.2, 0.25) is 5.91 Å². The van der Waals surface area contributed by atoms with Gasteiger partial charge in [-0.2, -0.15) is 13.2 Å². The molecule has 2 amide bonds. The number of carbonyl (C=O) groups is 2. The van der Waals surface area contributed by atoms with Gasteiger partial charge in [0.05, 0.1) is 11.5 Å². The van der Waals surface area contributed by atoms with Crippen LogP contribution in [-0.4, -0.2) is 29.8 Å². The lowest BCUT2D eigenvalue weighted by Gasteiger charge is -2.32. The lowest BCUT2D eigenvalue weighted by Crippen LogP contribution is -2.43. The number of halogens is 4. The first kappa shape index (κ1) is 21.2. The highest BCUT2D eigenvalue weighted by atomic mass is 35.5. The van der Waals surface area contributed by atoms with Gasteiger partial charge >= 0.3 is 6.18 Å². The zero-order chi connectivity index (χ0) is 21.2. The highest BCUT2D eigenvalue weighted by Crippen LogP contribution is 2.30. The van der Waals surface area contributed by atoms with Gasteiger partial charge in [0, 0.05) is 29.4 Å². The van der Waals surface area contributed by atoms with E-state index in [2.05, 4.69) is 5.32 Å². The summed E-state index contributed by atoms with van der Waals surface area (Å²) < 4.78 is 38.7. The second-order valence-electron chi connectivity index (χ2n) is 7.12. The third-order valence-corrected chi connectivity index (χ3v) is 5.36. The standard InChI is InChI=1S/C21H20ClF3N2O2/c1-13-7-8-17(11-18(13)22)26-19(28)15-5-3-9-27(12-15)20(29)14-4-2-6-16(10-14)21(23,24)25/h2,4,6-8,10-11,15H,3,5,9,12H2,1H3,(H,26,28). The predicted molar refractivity (Wildman–Crippen MR) is 105 cm³/mol. The van der Waals surface area contributed by atoms with Crippen LogP contribution in [0.5, 0.6) is 0 Å². The summed E-state index contributed by atoms with van der Waals surface area (Å²) in [5.41, 5.74) is 0.546. The maximum Gasteiger partial charge on any atom is 0.416 e. The number of rotatable bonds is 3. The van der Waals surface area contributed by atoms with Crippen molar-refractivity contribution in [1.82, 2.24) is 4.90 Å². The van der Waals surface area contributed by atoms with Gasteiger partial charge in [-0.15, -0.1) is 0 Å². The largest absolute Gasteiger partial charge is 0.416 e. The van der Waals surface area contributed by atoms with Gasteiger partial charge < -0.3 is 10.2 Å². The van der Waals surface area contributed by atoms with E-state index in [0.717, 1.165) is 17.7 Å². The minimum Gasteiger partial charge on any atom is -0.338 e. The van der Waals surface area contributed by atoms with E-state index in [1.807, 2.05) is 6.92 Å². The summed E-state index contributed by atoms with van der Waals surface area (Å²) in [6.07, 6.45) is -3.33. The number of benzene rings is 2. The van der Waals surface area contributed by atoms with Crippen LogP contribution in [0.3, 0.4) is 0 Å². The Labute approximate surface area is 171 Å². The zero-order valence-corrected chi connectivity index (χ0v) is 16.5. The van der Waals surface area contributed by atoms with Crippen molar-refractivity contribution in [1.29, 1.82) is 0 Å². The molecule has 0 radical (unpaired) electrons. The molecule has 1 fully saturated rings. The van der Waals surface area contributed by atoms with E-state index in [-0.39, 0.29) is 18.0 Å². The Kier molecular flexibility index (Phi) is 6.17. The van der Waals surface area contributed by atoms with Gasteiger partial charge in [-0.05, 0) is 55.7 Å². The molecule has 2 aromatic rings. The Morgan fingerprint density at radius 2 is 1.93 bits per heavy atom. The van der Waals surface area contributed by atoms with Gasteiger partial charge in [0.1, 0.15) is 0 Å². The lowest BCUT2D eigenvalue weighted by atomic mass is 9.96. The number of anilines is 1. The number of hydrogen-bond acceptors (Lipinski definition) is 2. The summed E-state index contributed by atoms with van der Waals surface area (Å²) in [6.45, 7) is 2.40. The van der Waals surface area contributed by atoms with E-state index in [9.17, 15) is 22.8 Å². The third kappa shape index (κ3) is 5.09. The average Bonchev–Trinajstić information content (AvgIpc) is 2.70. The zero-order valence-electron chi connectivity index (χ0n) is 15.7. The van der Waals surface area contributed by atoms with Crippen molar-refractivity contribution >= 4 is 29.1 Å². The van der Waals surface area contributed by atoms with Crippen LogP contribution in [0.1, 0.15) is 34.3 Å². The molecule has 8 heteroatoms.